The number of hydrogen-bond donors (Lipinski definition) is 1. The van der Waals surface area contributed by atoms with E-state index < -0.39 is 0 Å². The first kappa shape index (κ1) is 26.2. The number of para-hydroxylation sites is 2. The summed E-state index contributed by atoms with van der Waals surface area (Å²) in [5, 5.41) is 3.16. The van der Waals surface area contributed by atoms with Gasteiger partial charge in [0, 0.05) is 18.9 Å². The zero-order chi connectivity index (χ0) is 25.2. The maximum Gasteiger partial charge on any atom is 0.223 e. The number of carbonyl (C=O) groups is 1. The molecule has 0 spiro atoms. The van der Waals surface area contributed by atoms with Gasteiger partial charge in [0.15, 0.2) is 0 Å². The van der Waals surface area contributed by atoms with Crippen LogP contribution >= 0.6 is 0 Å². The predicted molar refractivity (Wildman–Crippen MR) is 148 cm³/mol. The molecule has 1 N–H and O–H groups in total. The lowest BCUT2D eigenvalue weighted by molar-refractivity contribution is -0.125. The van der Waals surface area contributed by atoms with Crippen molar-refractivity contribution in [3.05, 3.63) is 59.9 Å². The maximum atomic E-state index is 12.3. The number of hydrogen-bond acceptors (Lipinski definition) is 3. The average Bonchev–Trinajstić information content (AvgIpc) is 3.28. The van der Waals surface area contributed by atoms with Crippen molar-refractivity contribution in [2.45, 2.75) is 90.5 Å². The number of aryl methyl sites for hydroxylation is 1. The summed E-state index contributed by atoms with van der Waals surface area (Å²) in [6.07, 6.45) is 11.1. The molecule has 0 aliphatic heterocycles. The lowest BCUT2D eigenvalue weighted by atomic mass is 9.89. The number of rotatable bonds is 13. The summed E-state index contributed by atoms with van der Waals surface area (Å²) >= 11 is 0. The van der Waals surface area contributed by atoms with E-state index in [1.807, 2.05) is 6.07 Å². The van der Waals surface area contributed by atoms with Crippen molar-refractivity contribution in [3.8, 4) is 5.75 Å². The Morgan fingerprint density at radius 3 is 2.61 bits per heavy atom. The number of amides is 1. The molecule has 1 fully saturated rings. The first-order valence-electron chi connectivity index (χ1n) is 14.1. The summed E-state index contributed by atoms with van der Waals surface area (Å²) in [5.41, 5.74) is 3.58. The van der Waals surface area contributed by atoms with Crippen LogP contribution in [-0.4, -0.2) is 28.6 Å². The van der Waals surface area contributed by atoms with Gasteiger partial charge in [-0.25, -0.2) is 4.98 Å². The molecule has 1 aromatic heterocycles. The summed E-state index contributed by atoms with van der Waals surface area (Å²) in [6.45, 7) is 6.66. The van der Waals surface area contributed by atoms with Crippen LogP contribution < -0.4 is 10.1 Å². The second-order valence-corrected chi connectivity index (χ2v) is 10.3. The topological polar surface area (TPSA) is 56.1 Å². The SMILES string of the molecule is CCC(C)c1ccc(OCCn2c(CCCCCNC(=O)C3CCCCC3)nc3ccccc32)cc1. The van der Waals surface area contributed by atoms with E-state index in [9.17, 15) is 4.79 Å². The second-order valence-electron chi connectivity index (χ2n) is 10.3. The highest BCUT2D eigenvalue weighted by Crippen LogP contribution is 2.24. The third-order valence-corrected chi connectivity index (χ3v) is 7.73. The van der Waals surface area contributed by atoms with Gasteiger partial charge in [-0.3, -0.25) is 4.79 Å². The van der Waals surface area contributed by atoms with Gasteiger partial charge in [-0.15, -0.1) is 0 Å². The third-order valence-electron chi connectivity index (χ3n) is 7.73. The van der Waals surface area contributed by atoms with E-state index in [2.05, 4.69) is 66.2 Å². The highest BCUT2D eigenvalue weighted by atomic mass is 16.5. The van der Waals surface area contributed by atoms with Crippen LogP contribution in [0, 0.1) is 5.92 Å². The molecule has 0 radical (unpaired) electrons. The van der Waals surface area contributed by atoms with Crippen molar-refractivity contribution in [1.29, 1.82) is 0 Å². The highest BCUT2D eigenvalue weighted by molar-refractivity contribution is 5.78. The minimum atomic E-state index is 0.249. The van der Waals surface area contributed by atoms with Crippen LogP contribution in [0.15, 0.2) is 48.5 Å². The maximum absolute atomic E-state index is 12.3. The molecule has 4 rings (SSSR count). The fraction of sp³-hybridized carbons (Fsp3) is 0.548. The third kappa shape index (κ3) is 7.11. The second kappa shape index (κ2) is 13.5. The standard InChI is InChI=1S/C31H43N3O2/c1-3-24(2)25-17-19-27(20-18-25)36-23-22-34-29-15-10-9-14-28(29)33-30(34)16-8-5-11-21-32-31(35)26-12-6-4-7-13-26/h9-10,14-15,17-20,24,26H,3-8,11-13,16,21-23H2,1-2H3,(H,32,35). The minimum Gasteiger partial charge on any atom is -0.492 e. The van der Waals surface area contributed by atoms with E-state index in [-0.39, 0.29) is 11.8 Å². The summed E-state index contributed by atoms with van der Waals surface area (Å²) in [5.74, 6) is 3.14. The molecule has 5 nitrogen and oxygen atoms in total. The zero-order valence-electron chi connectivity index (χ0n) is 22.2. The number of ether oxygens (including phenoxy) is 1. The van der Waals surface area contributed by atoms with Gasteiger partial charge >= 0.3 is 0 Å². The Hall–Kier alpha value is -2.82. The molecule has 1 saturated carbocycles. The molecule has 0 bridgehead atoms. The number of aromatic nitrogens is 2. The molecule has 36 heavy (non-hydrogen) atoms. The van der Waals surface area contributed by atoms with Crippen molar-refractivity contribution in [2.24, 2.45) is 5.92 Å². The van der Waals surface area contributed by atoms with E-state index in [4.69, 9.17) is 9.72 Å². The lowest BCUT2D eigenvalue weighted by Gasteiger charge is -2.20. The Bertz CT molecular complexity index is 1080. The largest absolute Gasteiger partial charge is 0.492 e. The van der Waals surface area contributed by atoms with E-state index in [1.165, 1.54) is 30.3 Å². The number of benzene rings is 2. The molecule has 2 aromatic carbocycles. The number of unbranched alkanes of at least 4 members (excludes halogenated alkanes) is 2. The van der Waals surface area contributed by atoms with Gasteiger partial charge in [0.1, 0.15) is 18.2 Å². The van der Waals surface area contributed by atoms with Crippen LogP contribution in [0.4, 0.5) is 0 Å². The molecule has 1 unspecified atom stereocenters. The molecule has 1 amide bonds. The molecular weight excluding hydrogens is 446 g/mol. The zero-order valence-corrected chi connectivity index (χ0v) is 22.2. The van der Waals surface area contributed by atoms with E-state index in [0.717, 1.165) is 75.1 Å². The molecule has 1 atom stereocenters. The summed E-state index contributed by atoms with van der Waals surface area (Å²) < 4.78 is 8.41. The molecule has 1 aliphatic rings. The molecule has 194 valence electrons. The summed E-state index contributed by atoms with van der Waals surface area (Å²) in [6, 6.07) is 16.9. The van der Waals surface area contributed by atoms with Gasteiger partial charge in [-0.1, -0.05) is 63.8 Å². The van der Waals surface area contributed by atoms with Crippen molar-refractivity contribution < 1.29 is 9.53 Å². The number of nitrogens with one attached hydrogen (secondary N) is 1. The molecule has 5 heteroatoms. The van der Waals surface area contributed by atoms with Crippen LogP contribution in [0.25, 0.3) is 11.0 Å². The van der Waals surface area contributed by atoms with Crippen LogP contribution in [0.1, 0.15) is 88.9 Å². The van der Waals surface area contributed by atoms with E-state index in [0.29, 0.717) is 12.5 Å². The number of fused-ring (bicyclic) bond motifs is 1. The Labute approximate surface area is 216 Å². The highest BCUT2D eigenvalue weighted by Gasteiger charge is 2.20. The quantitative estimate of drug-likeness (QED) is 0.262. The Morgan fingerprint density at radius 1 is 1.06 bits per heavy atom. The summed E-state index contributed by atoms with van der Waals surface area (Å²) in [7, 11) is 0. The van der Waals surface area contributed by atoms with Gasteiger partial charge < -0.3 is 14.6 Å². The van der Waals surface area contributed by atoms with Crippen LogP contribution in [0.3, 0.4) is 0 Å². The van der Waals surface area contributed by atoms with Gasteiger partial charge in [0.2, 0.25) is 5.91 Å². The first-order chi connectivity index (χ1) is 17.7. The van der Waals surface area contributed by atoms with Gasteiger partial charge in [0.05, 0.1) is 17.6 Å². The minimum absolute atomic E-state index is 0.249. The molecule has 1 aliphatic carbocycles. The van der Waals surface area contributed by atoms with Gasteiger partial charge in [-0.05, 0) is 67.9 Å². The molecule has 0 saturated heterocycles. The van der Waals surface area contributed by atoms with Crippen molar-refractivity contribution in [2.75, 3.05) is 13.2 Å². The average molecular weight is 490 g/mol. The number of nitrogens with zero attached hydrogens (tertiary/aromatic N) is 2. The Kier molecular flexibility index (Phi) is 9.83. The fourth-order valence-electron chi connectivity index (χ4n) is 5.25. The molecular formula is C31H43N3O2. The Morgan fingerprint density at radius 2 is 1.83 bits per heavy atom. The number of carbonyl (C=O) groups excluding carboxylic acids is 1. The Balaban J connectivity index is 1.25. The van der Waals surface area contributed by atoms with E-state index in [1.54, 1.807) is 0 Å². The molecule has 1 heterocycles. The predicted octanol–water partition coefficient (Wildman–Crippen LogP) is 7.04. The first-order valence-corrected chi connectivity index (χ1v) is 14.1. The van der Waals surface area contributed by atoms with Gasteiger partial charge in [-0.2, -0.15) is 0 Å². The number of imidazole rings is 1. The summed E-state index contributed by atoms with van der Waals surface area (Å²) in [4.78, 5) is 17.2. The van der Waals surface area contributed by atoms with E-state index >= 15 is 0 Å². The fourth-order valence-corrected chi connectivity index (χ4v) is 5.25. The van der Waals surface area contributed by atoms with Crippen molar-refractivity contribution >= 4 is 16.9 Å². The lowest BCUT2D eigenvalue weighted by Crippen LogP contribution is -2.32. The molecule has 3 aromatic rings. The van der Waals surface area contributed by atoms with Crippen molar-refractivity contribution in [3.63, 3.8) is 0 Å². The monoisotopic (exact) mass is 489 g/mol. The van der Waals surface area contributed by atoms with Crippen molar-refractivity contribution in [1.82, 2.24) is 14.9 Å². The van der Waals surface area contributed by atoms with Crippen LogP contribution in [-0.2, 0) is 17.8 Å². The smallest absolute Gasteiger partial charge is 0.223 e. The normalized spacial score (nSPS) is 15.2. The van der Waals surface area contributed by atoms with Crippen LogP contribution in [0.5, 0.6) is 5.75 Å². The van der Waals surface area contributed by atoms with Gasteiger partial charge in [0.25, 0.3) is 0 Å². The van der Waals surface area contributed by atoms with Crippen LogP contribution in [0.2, 0.25) is 0 Å².